The van der Waals surface area contributed by atoms with Crippen molar-refractivity contribution in [3.05, 3.63) is 58.7 Å². The van der Waals surface area contributed by atoms with E-state index < -0.39 is 11.8 Å². The van der Waals surface area contributed by atoms with Crippen LogP contribution in [0.2, 0.25) is 0 Å². The van der Waals surface area contributed by atoms with Gasteiger partial charge in [-0.25, -0.2) is 0 Å². The van der Waals surface area contributed by atoms with Crippen LogP contribution in [0.25, 0.3) is 6.08 Å². The molecule has 1 aliphatic rings. The third-order valence-electron chi connectivity index (χ3n) is 4.59. The van der Waals surface area contributed by atoms with Crippen molar-refractivity contribution in [1.82, 2.24) is 5.32 Å². The van der Waals surface area contributed by atoms with Crippen LogP contribution >= 0.6 is 12.2 Å². The summed E-state index contributed by atoms with van der Waals surface area (Å²) in [6.45, 7) is 8.59. The Morgan fingerprint density at radius 1 is 1.03 bits per heavy atom. The molecule has 0 unspecified atom stereocenters. The van der Waals surface area contributed by atoms with E-state index in [2.05, 4.69) is 5.32 Å². The Hall–Kier alpha value is -3.19. The SMILES string of the molecule is CCOc1ccc(/C=C2\C(=O)NC(=S)N(c3ccc(C)cc3C)C2=O)c(OCC)c1. The highest BCUT2D eigenvalue weighted by Gasteiger charge is 2.35. The fourth-order valence-corrected chi connectivity index (χ4v) is 3.53. The topological polar surface area (TPSA) is 67.9 Å². The van der Waals surface area contributed by atoms with Crippen LogP contribution in [0.4, 0.5) is 5.69 Å². The zero-order valence-corrected chi connectivity index (χ0v) is 18.3. The number of hydrogen-bond acceptors (Lipinski definition) is 5. The van der Waals surface area contributed by atoms with Crippen molar-refractivity contribution in [3.63, 3.8) is 0 Å². The first-order chi connectivity index (χ1) is 14.3. The normalized spacial score (nSPS) is 15.4. The van der Waals surface area contributed by atoms with Crippen molar-refractivity contribution in [2.24, 2.45) is 0 Å². The van der Waals surface area contributed by atoms with E-state index in [4.69, 9.17) is 21.7 Å². The average molecular weight is 425 g/mol. The highest BCUT2D eigenvalue weighted by Crippen LogP contribution is 2.30. The van der Waals surface area contributed by atoms with Crippen LogP contribution in [-0.4, -0.2) is 30.1 Å². The first-order valence-electron chi connectivity index (χ1n) is 9.74. The molecule has 6 nitrogen and oxygen atoms in total. The maximum atomic E-state index is 13.3. The molecule has 0 atom stereocenters. The first-order valence-corrected chi connectivity index (χ1v) is 10.1. The molecule has 1 aliphatic heterocycles. The first kappa shape index (κ1) is 21.5. The van der Waals surface area contributed by atoms with Crippen LogP contribution in [0.1, 0.15) is 30.5 Å². The molecule has 156 valence electrons. The van der Waals surface area contributed by atoms with Crippen molar-refractivity contribution in [1.29, 1.82) is 0 Å². The molecule has 0 aliphatic carbocycles. The zero-order chi connectivity index (χ0) is 21.8. The number of ether oxygens (including phenoxy) is 2. The number of rotatable bonds is 6. The number of aryl methyl sites for hydroxylation is 2. The van der Waals surface area contributed by atoms with E-state index >= 15 is 0 Å². The number of carbonyl (C=O) groups is 2. The number of amides is 2. The Bertz CT molecular complexity index is 1050. The maximum Gasteiger partial charge on any atom is 0.270 e. The second kappa shape index (κ2) is 9.09. The van der Waals surface area contributed by atoms with E-state index in [1.807, 2.05) is 45.9 Å². The van der Waals surface area contributed by atoms with Crippen molar-refractivity contribution in [2.75, 3.05) is 18.1 Å². The van der Waals surface area contributed by atoms with Gasteiger partial charge in [0.1, 0.15) is 17.1 Å². The molecule has 3 rings (SSSR count). The maximum absolute atomic E-state index is 13.3. The molecule has 2 aromatic carbocycles. The Kier molecular flexibility index (Phi) is 6.52. The van der Waals surface area contributed by atoms with Crippen LogP contribution in [0, 0.1) is 13.8 Å². The molecular formula is C23H24N2O4S. The van der Waals surface area contributed by atoms with Crippen LogP contribution < -0.4 is 19.7 Å². The Labute approximate surface area is 181 Å². The minimum atomic E-state index is -0.539. The summed E-state index contributed by atoms with van der Waals surface area (Å²) in [7, 11) is 0. The highest BCUT2D eigenvalue weighted by atomic mass is 32.1. The predicted molar refractivity (Wildman–Crippen MR) is 121 cm³/mol. The fourth-order valence-electron chi connectivity index (χ4n) is 3.26. The van der Waals surface area contributed by atoms with Crippen LogP contribution in [0.5, 0.6) is 11.5 Å². The van der Waals surface area contributed by atoms with Crippen LogP contribution in [0.3, 0.4) is 0 Å². The second-order valence-electron chi connectivity index (χ2n) is 6.81. The van der Waals surface area contributed by atoms with Gasteiger partial charge in [-0.2, -0.15) is 0 Å². The summed E-state index contributed by atoms with van der Waals surface area (Å²) in [4.78, 5) is 27.2. The summed E-state index contributed by atoms with van der Waals surface area (Å²) < 4.78 is 11.2. The van der Waals surface area contributed by atoms with Gasteiger partial charge in [-0.05, 0) is 69.8 Å². The van der Waals surface area contributed by atoms with Crippen LogP contribution in [0.15, 0.2) is 42.0 Å². The number of anilines is 1. The van der Waals surface area contributed by atoms with Gasteiger partial charge in [-0.1, -0.05) is 17.7 Å². The van der Waals surface area contributed by atoms with E-state index in [1.165, 1.54) is 11.0 Å². The van der Waals surface area contributed by atoms with Crippen molar-refractivity contribution in [2.45, 2.75) is 27.7 Å². The Morgan fingerprint density at radius 2 is 1.77 bits per heavy atom. The Balaban J connectivity index is 2.04. The molecule has 1 heterocycles. The smallest absolute Gasteiger partial charge is 0.270 e. The van der Waals surface area contributed by atoms with Gasteiger partial charge in [0.05, 0.1) is 18.9 Å². The number of thiocarbonyl (C=S) groups is 1. The lowest BCUT2D eigenvalue weighted by molar-refractivity contribution is -0.122. The van der Waals surface area contributed by atoms with Gasteiger partial charge in [0.25, 0.3) is 11.8 Å². The molecule has 30 heavy (non-hydrogen) atoms. The molecule has 2 aromatic rings. The van der Waals surface area contributed by atoms with Gasteiger partial charge in [0.2, 0.25) is 0 Å². The minimum Gasteiger partial charge on any atom is -0.494 e. The second-order valence-corrected chi connectivity index (χ2v) is 7.20. The summed E-state index contributed by atoms with van der Waals surface area (Å²) in [6, 6.07) is 11.0. The Morgan fingerprint density at radius 3 is 2.43 bits per heavy atom. The molecule has 1 N–H and O–H groups in total. The van der Waals surface area contributed by atoms with Gasteiger partial charge in [0, 0.05) is 11.6 Å². The molecule has 2 amide bonds. The molecule has 0 aromatic heterocycles. The molecule has 1 saturated heterocycles. The van der Waals surface area contributed by atoms with Gasteiger partial charge < -0.3 is 9.47 Å². The lowest BCUT2D eigenvalue weighted by Gasteiger charge is -2.30. The number of benzene rings is 2. The van der Waals surface area contributed by atoms with Crippen molar-refractivity contribution in [3.8, 4) is 11.5 Å². The number of hydrogen-bond donors (Lipinski definition) is 1. The largest absolute Gasteiger partial charge is 0.494 e. The highest BCUT2D eigenvalue weighted by molar-refractivity contribution is 7.80. The fraction of sp³-hybridized carbons (Fsp3) is 0.261. The molecule has 0 bridgehead atoms. The lowest BCUT2D eigenvalue weighted by atomic mass is 10.0. The van der Waals surface area contributed by atoms with Crippen molar-refractivity contribution < 1.29 is 19.1 Å². The molecule has 0 radical (unpaired) electrons. The average Bonchev–Trinajstić information content (AvgIpc) is 2.68. The van der Waals surface area contributed by atoms with Crippen LogP contribution in [-0.2, 0) is 9.59 Å². The third kappa shape index (κ3) is 4.36. The predicted octanol–water partition coefficient (Wildman–Crippen LogP) is 3.93. The number of nitrogens with zero attached hydrogens (tertiary/aromatic N) is 1. The van der Waals surface area contributed by atoms with E-state index in [1.54, 1.807) is 18.2 Å². The number of nitrogens with one attached hydrogen (secondary N) is 1. The molecule has 0 saturated carbocycles. The van der Waals surface area contributed by atoms with Gasteiger partial charge in [-0.3, -0.25) is 19.8 Å². The summed E-state index contributed by atoms with van der Waals surface area (Å²) in [5.74, 6) is 0.165. The van der Waals surface area contributed by atoms with Gasteiger partial charge >= 0.3 is 0 Å². The third-order valence-corrected chi connectivity index (χ3v) is 4.88. The van der Waals surface area contributed by atoms with E-state index in [9.17, 15) is 9.59 Å². The monoisotopic (exact) mass is 424 g/mol. The summed E-state index contributed by atoms with van der Waals surface area (Å²) in [6.07, 6.45) is 1.52. The molecule has 1 fully saturated rings. The molecule has 7 heteroatoms. The summed E-state index contributed by atoms with van der Waals surface area (Å²) in [5.41, 5.74) is 3.18. The molecule has 0 spiro atoms. The van der Waals surface area contributed by atoms with E-state index in [0.717, 1.165) is 11.1 Å². The summed E-state index contributed by atoms with van der Waals surface area (Å²) >= 11 is 5.29. The quantitative estimate of drug-likeness (QED) is 0.432. The summed E-state index contributed by atoms with van der Waals surface area (Å²) in [5, 5.41) is 2.68. The molecular weight excluding hydrogens is 400 g/mol. The standard InChI is InChI=1S/C23H24N2O4S/c1-5-28-17-9-8-16(20(13-17)29-6-2)12-18-21(26)24-23(30)25(22(18)27)19-10-7-14(3)11-15(19)4/h7-13H,5-6H2,1-4H3,(H,24,26,30)/b18-12+. The lowest BCUT2D eigenvalue weighted by Crippen LogP contribution is -2.54. The number of carbonyl (C=O) groups excluding carboxylic acids is 2. The van der Waals surface area contributed by atoms with E-state index in [0.29, 0.717) is 36.0 Å². The minimum absolute atomic E-state index is 0.0197. The van der Waals surface area contributed by atoms with Gasteiger partial charge in [0.15, 0.2) is 5.11 Å². The van der Waals surface area contributed by atoms with Crippen molar-refractivity contribution >= 4 is 40.9 Å². The zero-order valence-electron chi connectivity index (χ0n) is 17.4. The van der Waals surface area contributed by atoms with E-state index in [-0.39, 0.29) is 10.7 Å². The van der Waals surface area contributed by atoms with Gasteiger partial charge in [-0.15, -0.1) is 0 Å².